The molecule has 0 saturated heterocycles. The maximum Gasteiger partial charge on any atom is 0.407 e. The predicted molar refractivity (Wildman–Crippen MR) is 51.8 cm³/mol. The molecule has 0 unspecified atom stereocenters. The minimum Gasteiger partial charge on any atom is -0.450 e. The van der Waals surface area contributed by atoms with Gasteiger partial charge in [0.1, 0.15) is 0 Å². The first-order valence-electron chi connectivity index (χ1n) is 4.54. The lowest BCUT2D eigenvalue weighted by Crippen LogP contribution is -2.26. The number of hydrogen-bond donors (Lipinski definition) is 1. The summed E-state index contributed by atoms with van der Waals surface area (Å²) >= 11 is 0. The highest BCUT2D eigenvalue weighted by Gasteiger charge is 1.98. The van der Waals surface area contributed by atoms with Crippen molar-refractivity contribution in [3.8, 4) is 0 Å². The maximum atomic E-state index is 10.9. The summed E-state index contributed by atoms with van der Waals surface area (Å²) in [5.41, 5.74) is 1.07. The quantitative estimate of drug-likeness (QED) is 0.781. The highest BCUT2D eigenvalue weighted by Crippen LogP contribution is 1.94. The largest absolute Gasteiger partial charge is 0.450 e. The van der Waals surface area contributed by atoms with E-state index in [1.807, 2.05) is 6.07 Å². The van der Waals surface area contributed by atoms with E-state index in [0.29, 0.717) is 13.2 Å². The molecule has 1 rings (SSSR count). The lowest BCUT2D eigenvalue weighted by atomic mass is 10.2. The van der Waals surface area contributed by atoms with E-state index in [2.05, 4.69) is 16.5 Å². The zero-order valence-corrected chi connectivity index (χ0v) is 8.12. The number of nitrogens with zero attached hydrogens (tertiary/aromatic N) is 1. The van der Waals surface area contributed by atoms with E-state index < -0.39 is 0 Å². The molecule has 4 nitrogen and oxygen atoms in total. The van der Waals surface area contributed by atoms with Gasteiger partial charge in [0, 0.05) is 12.7 Å². The summed E-state index contributed by atoms with van der Waals surface area (Å²) in [5.74, 6) is 0. The lowest BCUT2D eigenvalue weighted by molar-refractivity contribution is 0.152. The molecule has 1 aromatic rings. The van der Waals surface area contributed by atoms with Gasteiger partial charge in [0.25, 0.3) is 0 Å². The Morgan fingerprint density at radius 2 is 2.57 bits per heavy atom. The molecule has 0 aliphatic rings. The first kappa shape index (κ1) is 10.5. The van der Waals surface area contributed by atoms with Crippen LogP contribution < -0.4 is 5.32 Å². The van der Waals surface area contributed by atoms with Gasteiger partial charge in [-0.3, -0.25) is 4.98 Å². The van der Waals surface area contributed by atoms with Crippen molar-refractivity contribution in [1.82, 2.24) is 10.3 Å². The van der Waals surface area contributed by atoms with Gasteiger partial charge in [-0.15, -0.1) is 0 Å². The van der Waals surface area contributed by atoms with Crippen LogP contribution >= 0.6 is 0 Å². The molecule has 0 atom stereocenters. The van der Waals surface area contributed by atoms with Crippen LogP contribution in [0.2, 0.25) is 0 Å². The van der Waals surface area contributed by atoms with Gasteiger partial charge in [-0.2, -0.15) is 0 Å². The second-order valence-corrected chi connectivity index (χ2v) is 2.69. The summed E-state index contributed by atoms with van der Waals surface area (Å²) in [6.07, 6.45) is 4.80. The number of pyridine rings is 1. The molecular formula is C10H13N2O2. The molecule has 1 heterocycles. The summed E-state index contributed by atoms with van der Waals surface area (Å²) in [7, 11) is 0. The second kappa shape index (κ2) is 5.96. The normalized spacial score (nSPS) is 9.50. The SMILES string of the molecule is CCOC(=O)NCCc1cc[c]nc1. The van der Waals surface area contributed by atoms with E-state index in [1.165, 1.54) is 0 Å². The fraction of sp³-hybridized carbons (Fsp3) is 0.400. The first-order chi connectivity index (χ1) is 6.83. The van der Waals surface area contributed by atoms with Crippen LogP contribution in [0.1, 0.15) is 12.5 Å². The van der Waals surface area contributed by atoms with E-state index >= 15 is 0 Å². The number of hydrogen-bond acceptors (Lipinski definition) is 3. The van der Waals surface area contributed by atoms with Gasteiger partial charge in [-0.1, -0.05) is 6.07 Å². The van der Waals surface area contributed by atoms with E-state index in [9.17, 15) is 4.79 Å². The predicted octanol–water partition coefficient (Wildman–Crippen LogP) is 1.17. The highest BCUT2D eigenvalue weighted by atomic mass is 16.5. The zero-order valence-electron chi connectivity index (χ0n) is 8.12. The van der Waals surface area contributed by atoms with Crippen molar-refractivity contribution in [3.63, 3.8) is 0 Å². The van der Waals surface area contributed by atoms with Gasteiger partial charge in [0.05, 0.1) is 12.8 Å². The first-order valence-corrected chi connectivity index (χ1v) is 4.54. The standard InChI is InChI=1S/C10H13N2O2/c1-2-14-10(13)12-7-5-9-4-3-6-11-8-9/h3-4,8H,2,5,7H2,1H3,(H,12,13). The van der Waals surface area contributed by atoms with E-state index in [-0.39, 0.29) is 6.09 Å². The maximum absolute atomic E-state index is 10.9. The van der Waals surface area contributed by atoms with Crippen molar-refractivity contribution >= 4 is 6.09 Å². The third-order valence-electron chi connectivity index (χ3n) is 1.64. The monoisotopic (exact) mass is 193 g/mol. The molecule has 0 fully saturated rings. The molecule has 1 aromatic heterocycles. The molecule has 0 saturated carbocycles. The average Bonchev–Trinajstić information content (AvgIpc) is 2.20. The number of aromatic nitrogens is 1. The van der Waals surface area contributed by atoms with E-state index in [0.717, 1.165) is 12.0 Å². The fourth-order valence-corrected chi connectivity index (χ4v) is 0.989. The third kappa shape index (κ3) is 3.89. The topological polar surface area (TPSA) is 51.2 Å². The summed E-state index contributed by atoms with van der Waals surface area (Å²) in [6.45, 7) is 2.73. The van der Waals surface area contributed by atoms with Crippen molar-refractivity contribution < 1.29 is 9.53 Å². The molecule has 0 bridgehead atoms. The van der Waals surface area contributed by atoms with Crippen molar-refractivity contribution in [2.75, 3.05) is 13.2 Å². The fourth-order valence-electron chi connectivity index (χ4n) is 0.989. The van der Waals surface area contributed by atoms with Crippen molar-refractivity contribution in [2.24, 2.45) is 0 Å². The minimum absolute atomic E-state index is 0.372. The van der Waals surface area contributed by atoms with Crippen LogP contribution in [0.15, 0.2) is 18.3 Å². The van der Waals surface area contributed by atoms with Gasteiger partial charge in [-0.05, 0) is 25.0 Å². The van der Waals surface area contributed by atoms with Crippen molar-refractivity contribution in [2.45, 2.75) is 13.3 Å². The molecule has 75 valence electrons. The summed E-state index contributed by atoms with van der Waals surface area (Å²) in [6, 6.07) is 3.67. The van der Waals surface area contributed by atoms with Crippen LogP contribution in [0.5, 0.6) is 0 Å². The van der Waals surface area contributed by atoms with Crippen molar-refractivity contribution in [1.29, 1.82) is 0 Å². The molecule has 0 aromatic carbocycles. The van der Waals surface area contributed by atoms with Crippen LogP contribution in [-0.2, 0) is 11.2 Å². The van der Waals surface area contributed by atoms with Crippen molar-refractivity contribution in [3.05, 3.63) is 30.1 Å². The number of amides is 1. The van der Waals surface area contributed by atoms with Gasteiger partial charge >= 0.3 is 6.09 Å². The van der Waals surface area contributed by atoms with Crippen LogP contribution in [-0.4, -0.2) is 24.2 Å². The minimum atomic E-state index is -0.372. The Labute approximate surface area is 83.3 Å². The molecule has 4 heteroatoms. The Bertz CT molecular complexity index is 275. The summed E-state index contributed by atoms with van der Waals surface area (Å²) < 4.78 is 4.71. The number of nitrogens with one attached hydrogen (secondary N) is 1. The summed E-state index contributed by atoms with van der Waals surface area (Å²) in [4.78, 5) is 14.7. The Balaban J connectivity index is 2.19. The molecule has 0 spiro atoms. The Kier molecular flexibility index (Phi) is 4.47. The molecule has 1 radical (unpaired) electrons. The number of rotatable bonds is 4. The smallest absolute Gasteiger partial charge is 0.407 e. The third-order valence-corrected chi connectivity index (χ3v) is 1.64. The number of carbonyl (C=O) groups is 1. The van der Waals surface area contributed by atoms with Crippen LogP contribution in [0.3, 0.4) is 0 Å². The molecule has 0 aliphatic heterocycles. The number of alkyl carbamates (subject to hydrolysis) is 1. The Morgan fingerprint density at radius 3 is 3.21 bits per heavy atom. The Hall–Kier alpha value is -1.58. The lowest BCUT2D eigenvalue weighted by Gasteiger charge is -2.04. The van der Waals surface area contributed by atoms with Gasteiger partial charge in [0.15, 0.2) is 0 Å². The van der Waals surface area contributed by atoms with Gasteiger partial charge < -0.3 is 10.1 Å². The molecule has 1 amide bonds. The van der Waals surface area contributed by atoms with Gasteiger partial charge in [-0.25, -0.2) is 4.79 Å². The van der Waals surface area contributed by atoms with E-state index in [4.69, 9.17) is 4.74 Å². The number of carbonyl (C=O) groups excluding carboxylic acids is 1. The van der Waals surface area contributed by atoms with Crippen LogP contribution in [0, 0.1) is 6.20 Å². The second-order valence-electron chi connectivity index (χ2n) is 2.69. The average molecular weight is 193 g/mol. The number of ether oxygens (including phenoxy) is 1. The van der Waals surface area contributed by atoms with Crippen LogP contribution in [0.4, 0.5) is 4.79 Å². The molecule has 14 heavy (non-hydrogen) atoms. The molecule has 0 aliphatic carbocycles. The zero-order chi connectivity index (χ0) is 10.2. The van der Waals surface area contributed by atoms with E-state index in [1.54, 1.807) is 19.2 Å². The van der Waals surface area contributed by atoms with Gasteiger partial charge in [0.2, 0.25) is 0 Å². The molecular weight excluding hydrogens is 180 g/mol. The molecule has 1 N–H and O–H groups in total. The Morgan fingerprint density at radius 1 is 1.71 bits per heavy atom. The summed E-state index contributed by atoms with van der Waals surface area (Å²) in [5, 5.41) is 2.63. The van der Waals surface area contributed by atoms with Crippen LogP contribution in [0.25, 0.3) is 0 Å². The highest BCUT2D eigenvalue weighted by molar-refractivity contribution is 5.66.